The van der Waals surface area contributed by atoms with E-state index in [0.29, 0.717) is 23.4 Å². The molecule has 0 atom stereocenters. The number of hydrogen-bond acceptors (Lipinski definition) is 5. The molecule has 6 nitrogen and oxygen atoms in total. The van der Waals surface area contributed by atoms with Crippen LogP contribution in [-0.4, -0.2) is 28.3 Å². The largest absolute Gasteiger partial charge is 0.383 e. The molecule has 1 N–H and O–H groups in total. The summed E-state index contributed by atoms with van der Waals surface area (Å²) in [4.78, 5) is 22.3. The normalized spacial score (nSPS) is 14.2. The summed E-state index contributed by atoms with van der Waals surface area (Å²) in [5.41, 5.74) is 4.48. The molecule has 3 aromatic heterocycles. The molecule has 150 valence electrons. The van der Waals surface area contributed by atoms with Gasteiger partial charge in [-0.2, -0.15) is 5.26 Å². The minimum absolute atomic E-state index is 0.142. The van der Waals surface area contributed by atoms with E-state index in [9.17, 15) is 10.1 Å². The maximum Gasteiger partial charge on any atom is 0.260 e. The van der Waals surface area contributed by atoms with Crippen LogP contribution in [0.15, 0.2) is 10.9 Å². The standard InChI is InChI=1S/C22H24N4O2S/c1-13-10-15(14(2)26(13)8-9-28-3)11-16(12-23)20-24-21(27)19-17-6-4-5-7-18(17)29-22(19)25-20/h10-11H,4-9H2,1-3H3,(H,24,25,27). The van der Waals surface area contributed by atoms with Crippen LogP contribution in [-0.2, 0) is 24.1 Å². The number of nitrogens with zero attached hydrogens (tertiary/aromatic N) is 3. The fourth-order valence-corrected chi connectivity index (χ4v) is 5.36. The highest BCUT2D eigenvalue weighted by molar-refractivity contribution is 7.18. The fourth-order valence-electron chi connectivity index (χ4n) is 4.10. The first-order valence-corrected chi connectivity index (χ1v) is 10.7. The molecule has 3 aromatic rings. The van der Waals surface area contributed by atoms with Crippen LogP contribution in [0.5, 0.6) is 0 Å². The number of nitrogens with one attached hydrogen (secondary N) is 1. The summed E-state index contributed by atoms with van der Waals surface area (Å²) in [5, 5.41) is 10.5. The first kappa shape index (κ1) is 19.6. The van der Waals surface area contributed by atoms with Crippen molar-refractivity contribution in [2.75, 3.05) is 13.7 Å². The van der Waals surface area contributed by atoms with Crippen LogP contribution in [0.2, 0.25) is 0 Å². The molecule has 0 saturated carbocycles. The van der Waals surface area contributed by atoms with Gasteiger partial charge in [-0.15, -0.1) is 11.3 Å². The first-order valence-electron chi connectivity index (χ1n) is 9.86. The highest BCUT2D eigenvalue weighted by Crippen LogP contribution is 2.34. The monoisotopic (exact) mass is 408 g/mol. The van der Waals surface area contributed by atoms with Gasteiger partial charge in [0.2, 0.25) is 0 Å². The van der Waals surface area contributed by atoms with E-state index in [1.165, 1.54) is 4.88 Å². The number of hydrogen-bond donors (Lipinski definition) is 1. The average Bonchev–Trinajstić information content (AvgIpc) is 3.21. The van der Waals surface area contributed by atoms with Gasteiger partial charge in [-0.25, -0.2) is 4.98 Å². The molecular weight excluding hydrogens is 384 g/mol. The van der Waals surface area contributed by atoms with Crippen molar-refractivity contribution in [3.8, 4) is 6.07 Å². The second kappa shape index (κ2) is 7.97. The lowest BCUT2D eigenvalue weighted by molar-refractivity contribution is 0.186. The van der Waals surface area contributed by atoms with Crippen LogP contribution in [0.3, 0.4) is 0 Å². The summed E-state index contributed by atoms with van der Waals surface area (Å²) in [6.45, 7) is 5.44. The Morgan fingerprint density at radius 3 is 2.97 bits per heavy atom. The van der Waals surface area contributed by atoms with Gasteiger partial charge in [0.1, 0.15) is 10.9 Å². The van der Waals surface area contributed by atoms with Gasteiger partial charge in [-0.05, 0) is 62.8 Å². The summed E-state index contributed by atoms with van der Waals surface area (Å²) < 4.78 is 7.35. The van der Waals surface area contributed by atoms with Gasteiger partial charge in [0, 0.05) is 29.9 Å². The number of aryl methyl sites for hydroxylation is 3. The summed E-state index contributed by atoms with van der Waals surface area (Å²) in [5.74, 6) is 0.338. The van der Waals surface area contributed by atoms with Crippen molar-refractivity contribution < 1.29 is 4.74 Å². The molecule has 0 fully saturated rings. The molecule has 4 rings (SSSR count). The van der Waals surface area contributed by atoms with E-state index in [0.717, 1.165) is 59.6 Å². The minimum atomic E-state index is -0.142. The van der Waals surface area contributed by atoms with Gasteiger partial charge in [-0.3, -0.25) is 4.79 Å². The molecule has 7 heteroatoms. The number of ether oxygens (including phenoxy) is 1. The highest BCUT2D eigenvalue weighted by Gasteiger charge is 2.20. The quantitative estimate of drug-likeness (QED) is 0.647. The Balaban J connectivity index is 1.78. The Labute approximate surface area is 173 Å². The smallest absolute Gasteiger partial charge is 0.260 e. The lowest BCUT2D eigenvalue weighted by Gasteiger charge is -2.09. The van der Waals surface area contributed by atoms with Gasteiger partial charge in [0.15, 0.2) is 5.82 Å². The van der Waals surface area contributed by atoms with E-state index in [1.807, 2.05) is 26.0 Å². The average molecular weight is 409 g/mol. The highest BCUT2D eigenvalue weighted by atomic mass is 32.1. The number of H-pyrrole nitrogens is 1. The van der Waals surface area contributed by atoms with Crippen molar-refractivity contribution >= 4 is 33.2 Å². The molecule has 0 aliphatic heterocycles. The van der Waals surface area contributed by atoms with Gasteiger partial charge in [0.05, 0.1) is 17.6 Å². The zero-order chi connectivity index (χ0) is 20.5. The van der Waals surface area contributed by atoms with E-state index in [2.05, 4.69) is 20.6 Å². The molecule has 0 aromatic carbocycles. The summed E-state index contributed by atoms with van der Waals surface area (Å²) in [6.07, 6.45) is 6.03. The number of rotatable bonds is 5. The second-order valence-electron chi connectivity index (χ2n) is 7.45. The van der Waals surface area contributed by atoms with E-state index < -0.39 is 0 Å². The Hall–Kier alpha value is -2.69. The second-order valence-corrected chi connectivity index (χ2v) is 8.53. The van der Waals surface area contributed by atoms with Crippen molar-refractivity contribution in [1.82, 2.24) is 14.5 Å². The zero-order valence-corrected chi connectivity index (χ0v) is 17.8. The van der Waals surface area contributed by atoms with Gasteiger partial charge < -0.3 is 14.3 Å². The number of thiophene rings is 1. The van der Waals surface area contributed by atoms with Crippen molar-refractivity contribution in [2.45, 2.75) is 46.1 Å². The van der Waals surface area contributed by atoms with E-state index in [4.69, 9.17) is 4.74 Å². The summed E-state index contributed by atoms with van der Waals surface area (Å²) >= 11 is 1.60. The molecule has 29 heavy (non-hydrogen) atoms. The fraction of sp³-hybridized carbons (Fsp3) is 0.409. The van der Waals surface area contributed by atoms with Crippen molar-refractivity contribution in [3.63, 3.8) is 0 Å². The number of aromatic amines is 1. The Kier molecular flexibility index (Phi) is 5.39. The molecule has 1 aliphatic rings. The molecule has 3 heterocycles. The van der Waals surface area contributed by atoms with E-state index in [-0.39, 0.29) is 5.56 Å². The van der Waals surface area contributed by atoms with Crippen LogP contribution < -0.4 is 5.56 Å². The third kappa shape index (κ3) is 3.54. The Morgan fingerprint density at radius 2 is 2.21 bits per heavy atom. The molecule has 0 unspecified atom stereocenters. The van der Waals surface area contributed by atoms with Crippen LogP contribution in [0.4, 0.5) is 0 Å². The predicted molar refractivity (Wildman–Crippen MR) is 116 cm³/mol. The van der Waals surface area contributed by atoms with Gasteiger partial charge in [-0.1, -0.05) is 0 Å². The van der Waals surface area contributed by atoms with E-state index in [1.54, 1.807) is 18.4 Å². The zero-order valence-electron chi connectivity index (χ0n) is 17.0. The number of allylic oxidation sites excluding steroid dienone is 1. The van der Waals surface area contributed by atoms with Crippen molar-refractivity contribution in [1.29, 1.82) is 5.26 Å². The third-order valence-electron chi connectivity index (χ3n) is 5.63. The lowest BCUT2D eigenvalue weighted by atomic mass is 9.97. The molecule has 0 spiro atoms. The van der Waals surface area contributed by atoms with Crippen LogP contribution >= 0.6 is 11.3 Å². The molecule has 0 amide bonds. The predicted octanol–water partition coefficient (Wildman–Crippen LogP) is 3.99. The lowest BCUT2D eigenvalue weighted by Crippen LogP contribution is -2.12. The number of methoxy groups -OCH3 is 1. The van der Waals surface area contributed by atoms with E-state index >= 15 is 0 Å². The van der Waals surface area contributed by atoms with Crippen molar-refractivity contribution in [2.24, 2.45) is 0 Å². The van der Waals surface area contributed by atoms with Crippen LogP contribution in [0.1, 0.15) is 46.1 Å². The number of aromatic nitrogens is 3. The topological polar surface area (TPSA) is 83.7 Å². The van der Waals surface area contributed by atoms with Crippen LogP contribution in [0, 0.1) is 25.2 Å². The number of nitriles is 1. The first-order chi connectivity index (χ1) is 14.0. The SMILES string of the molecule is COCCn1c(C)cc(C=C(C#N)c2nc3sc4c(c3c(=O)[nH]2)CCCC4)c1C. The van der Waals surface area contributed by atoms with Gasteiger partial charge in [0.25, 0.3) is 5.56 Å². The summed E-state index contributed by atoms with van der Waals surface area (Å²) in [6, 6.07) is 4.26. The van der Waals surface area contributed by atoms with Crippen molar-refractivity contribution in [3.05, 3.63) is 49.6 Å². The molecular formula is C22H24N4O2S. The summed E-state index contributed by atoms with van der Waals surface area (Å²) in [7, 11) is 1.68. The maximum atomic E-state index is 12.8. The minimum Gasteiger partial charge on any atom is -0.383 e. The van der Waals surface area contributed by atoms with Crippen LogP contribution in [0.25, 0.3) is 21.9 Å². The maximum absolute atomic E-state index is 12.8. The molecule has 0 radical (unpaired) electrons. The molecule has 0 saturated heterocycles. The molecule has 1 aliphatic carbocycles. The number of fused-ring (bicyclic) bond motifs is 3. The molecule has 0 bridgehead atoms. The Bertz CT molecular complexity index is 1210. The Morgan fingerprint density at radius 1 is 1.41 bits per heavy atom. The van der Waals surface area contributed by atoms with Gasteiger partial charge >= 0.3 is 0 Å². The third-order valence-corrected chi connectivity index (χ3v) is 6.82.